The monoisotopic (exact) mass is 400 g/mol. The molecule has 0 saturated carbocycles. The zero-order valence-electron chi connectivity index (χ0n) is 17.5. The SMILES string of the molecule is CCn1nc(C)cc1C(=O)Nc1nc2c(n1CC(C)C)C(OC)CC(C(N)=O)=C2. The van der Waals surface area contributed by atoms with Crippen LogP contribution in [0.5, 0.6) is 0 Å². The number of fused-ring (bicyclic) bond motifs is 1. The van der Waals surface area contributed by atoms with Crippen LogP contribution < -0.4 is 11.1 Å². The Morgan fingerprint density at radius 3 is 2.72 bits per heavy atom. The van der Waals surface area contributed by atoms with E-state index in [1.807, 2.05) is 18.4 Å². The molecule has 2 heterocycles. The van der Waals surface area contributed by atoms with Gasteiger partial charge in [0.1, 0.15) is 11.8 Å². The van der Waals surface area contributed by atoms with Crippen LogP contribution in [0, 0.1) is 12.8 Å². The van der Waals surface area contributed by atoms with Crippen LogP contribution in [0.2, 0.25) is 0 Å². The average Bonchev–Trinajstić information content (AvgIpc) is 3.20. The Kier molecular flexibility index (Phi) is 5.88. The number of methoxy groups -OCH3 is 1. The number of aromatic nitrogens is 4. The van der Waals surface area contributed by atoms with Gasteiger partial charge in [-0.1, -0.05) is 13.8 Å². The van der Waals surface area contributed by atoms with E-state index in [2.05, 4.69) is 29.2 Å². The number of carbonyl (C=O) groups is 2. The van der Waals surface area contributed by atoms with Crippen LogP contribution in [0.1, 0.15) is 60.9 Å². The Labute approximate surface area is 169 Å². The third kappa shape index (κ3) is 4.09. The molecule has 1 aliphatic carbocycles. The molecule has 1 atom stereocenters. The minimum absolute atomic E-state index is 0.284. The second kappa shape index (κ2) is 8.20. The third-order valence-electron chi connectivity index (χ3n) is 4.86. The third-order valence-corrected chi connectivity index (χ3v) is 4.86. The summed E-state index contributed by atoms with van der Waals surface area (Å²) >= 11 is 0. The lowest BCUT2D eigenvalue weighted by Gasteiger charge is -2.24. The zero-order chi connectivity index (χ0) is 21.3. The molecule has 0 bridgehead atoms. The maximum Gasteiger partial charge on any atom is 0.276 e. The molecule has 2 aromatic heterocycles. The van der Waals surface area contributed by atoms with Gasteiger partial charge in [-0.05, 0) is 31.9 Å². The maximum atomic E-state index is 12.9. The van der Waals surface area contributed by atoms with Crippen LogP contribution in [-0.2, 0) is 22.6 Å². The molecule has 3 N–H and O–H groups in total. The van der Waals surface area contributed by atoms with Crippen LogP contribution >= 0.6 is 0 Å². The summed E-state index contributed by atoms with van der Waals surface area (Å²) < 4.78 is 9.24. The van der Waals surface area contributed by atoms with Crippen molar-refractivity contribution in [2.24, 2.45) is 11.7 Å². The first-order valence-electron chi connectivity index (χ1n) is 9.74. The Bertz CT molecular complexity index is 969. The highest BCUT2D eigenvalue weighted by molar-refractivity contribution is 6.02. The summed E-state index contributed by atoms with van der Waals surface area (Å²) in [5, 5.41) is 7.25. The lowest BCUT2D eigenvalue weighted by atomic mass is 9.96. The van der Waals surface area contributed by atoms with Gasteiger partial charge in [0.2, 0.25) is 11.9 Å². The average molecular weight is 400 g/mol. The van der Waals surface area contributed by atoms with Crippen LogP contribution in [0.3, 0.4) is 0 Å². The number of hydrogen-bond acceptors (Lipinski definition) is 5. The molecule has 3 rings (SSSR count). The molecule has 0 fully saturated rings. The second-order valence-electron chi connectivity index (χ2n) is 7.61. The molecule has 2 amide bonds. The topological polar surface area (TPSA) is 117 Å². The lowest BCUT2D eigenvalue weighted by molar-refractivity contribution is -0.115. The van der Waals surface area contributed by atoms with Crippen LogP contribution in [0.25, 0.3) is 6.08 Å². The second-order valence-corrected chi connectivity index (χ2v) is 7.61. The molecule has 29 heavy (non-hydrogen) atoms. The standard InChI is InChI=1S/C20H28N6O3/c1-6-26-15(7-12(4)24-26)19(28)23-20-22-14-8-13(18(21)27)9-16(29-5)17(14)25(20)10-11(2)3/h7-8,11,16H,6,9-10H2,1-5H3,(H2,21,27)(H,22,23,28). The van der Waals surface area contributed by atoms with E-state index in [-0.39, 0.29) is 12.0 Å². The largest absolute Gasteiger partial charge is 0.375 e. The van der Waals surface area contributed by atoms with Gasteiger partial charge in [0.15, 0.2) is 0 Å². The predicted molar refractivity (Wildman–Crippen MR) is 109 cm³/mol. The van der Waals surface area contributed by atoms with Crippen molar-refractivity contribution < 1.29 is 14.3 Å². The molecule has 2 aromatic rings. The molecule has 1 aliphatic rings. The minimum atomic E-state index is -0.496. The summed E-state index contributed by atoms with van der Waals surface area (Å²) in [6.07, 6.45) is 1.69. The highest BCUT2D eigenvalue weighted by Crippen LogP contribution is 2.36. The fraction of sp³-hybridized carbons (Fsp3) is 0.500. The predicted octanol–water partition coefficient (Wildman–Crippen LogP) is 2.28. The van der Waals surface area contributed by atoms with Crippen molar-refractivity contribution in [2.75, 3.05) is 12.4 Å². The number of nitrogens with zero attached hydrogens (tertiary/aromatic N) is 4. The van der Waals surface area contributed by atoms with Gasteiger partial charge in [-0.15, -0.1) is 0 Å². The molecule has 1 unspecified atom stereocenters. The highest BCUT2D eigenvalue weighted by atomic mass is 16.5. The van der Waals surface area contributed by atoms with Crippen molar-refractivity contribution in [1.29, 1.82) is 0 Å². The number of primary amides is 1. The maximum absolute atomic E-state index is 12.9. The smallest absolute Gasteiger partial charge is 0.276 e. The summed E-state index contributed by atoms with van der Waals surface area (Å²) in [5.74, 6) is -0.0532. The normalized spacial score (nSPS) is 15.9. The van der Waals surface area contributed by atoms with Gasteiger partial charge in [0.25, 0.3) is 5.91 Å². The van der Waals surface area contributed by atoms with E-state index < -0.39 is 5.91 Å². The Morgan fingerprint density at radius 2 is 2.14 bits per heavy atom. The summed E-state index contributed by atoms with van der Waals surface area (Å²) in [6, 6.07) is 1.75. The van der Waals surface area contributed by atoms with E-state index in [9.17, 15) is 9.59 Å². The number of imidazole rings is 1. The molecule has 9 heteroatoms. The summed E-state index contributed by atoms with van der Waals surface area (Å²) in [4.78, 5) is 29.3. The number of aryl methyl sites for hydroxylation is 2. The number of rotatable bonds is 7. The molecular formula is C20H28N6O3. The van der Waals surface area contributed by atoms with Crippen molar-refractivity contribution in [2.45, 2.75) is 53.3 Å². The summed E-state index contributed by atoms with van der Waals surface area (Å²) in [7, 11) is 1.59. The molecule has 156 valence electrons. The number of anilines is 1. The van der Waals surface area contributed by atoms with Gasteiger partial charge in [0.05, 0.1) is 17.1 Å². The van der Waals surface area contributed by atoms with E-state index in [1.54, 1.807) is 23.9 Å². The highest BCUT2D eigenvalue weighted by Gasteiger charge is 2.31. The van der Waals surface area contributed by atoms with Gasteiger partial charge in [0, 0.05) is 32.2 Å². The zero-order valence-corrected chi connectivity index (χ0v) is 17.5. The minimum Gasteiger partial charge on any atom is -0.375 e. The quantitative estimate of drug-likeness (QED) is 0.739. The van der Waals surface area contributed by atoms with Gasteiger partial charge < -0.3 is 15.0 Å². The first-order valence-corrected chi connectivity index (χ1v) is 9.74. The van der Waals surface area contributed by atoms with Crippen molar-refractivity contribution in [3.8, 4) is 0 Å². The molecule has 0 aliphatic heterocycles. The van der Waals surface area contributed by atoms with Crippen molar-refractivity contribution in [1.82, 2.24) is 19.3 Å². The number of ether oxygens (including phenoxy) is 1. The number of nitrogens with two attached hydrogens (primary N) is 1. The van der Waals surface area contributed by atoms with Gasteiger partial charge in [-0.3, -0.25) is 19.6 Å². The van der Waals surface area contributed by atoms with Crippen LogP contribution in [0.4, 0.5) is 5.95 Å². The van der Waals surface area contributed by atoms with Crippen LogP contribution in [0.15, 0.2) is 11.6 Å². The molecule has 0 radical (unpaired) electrons. The van der Waals surface area contributed by atoms with Crippen molar-refractivity contribution in [3.05, 3.63) is 34.4 Å². The number of hydrogen-bond donors (Lipinski definition) is 2. The first-order chi connectivity index (χ1) is 13.7. The van der Waals surface area contributed by atoms with E-state index in [4.69, 9.17) is 10.5 Å². The summed E-state index contributed by atoms with van der Waals surface area (Å²) in [6.45, 7) is 9.18. The Morgan fingerprint density at radius 1 is 1.41 bits per heavy atom. The summed E-state index contributed by atoms with van der Waals surface area (Å²) in [5.41, 5.74) is 8.61. The van der Waals surface area contributed by atoms with Gasteiger partial charge in [-0.25, -0.2) is 4.98 Å². The van der Waals surface area contributed by atoms with Gasteiger partial charge >= 0.3 is 0 Å². The Hall–Kier alpha value is -2.94. The van der Waals surface area contributed by atoms with E-state index in [0.29, 0.717) is 48.3 Å². The number of nitrogens with one attached hydrogen (secondary N) is 1. The van der Waals surface area contributed by atoms with Crippen molar-refractivity contribution >= 4 is 23.8 Å². The fourth-order valence-electron chi connectivity index (χ4n) is 3.60. The van der Waals surface area contributed by atoms with Crippen LogP contribution in [-0.4, -0.2) is 38.3 Å². The first kappa shape index (κ1) is 20.8. The Balaban J connectivity index is 2.05. The van der Waals surface area contributed by atoms with Gasteiger partial charge in [-0.2, -0.15) is 5.10 Å². The van der Waals surface area contributed by atoms with E-state index in [1.165, 1.54) is 0 Å². The molecule has 0 spiro atoms. The fourth-order valence-corrected chi connectivity index (χ4v) is 3.60. The number of amides is 2. The lowest BCUT2D eigenvalue weighted by Crippen LogP contribution is -2.23. The molecule has 0 saturated heterocycles. The number of carbonyl (C=O) groups excluding carboxylic acids is 2. The molecular weight excluding hydrogens is 372 g/mol. The molecule has 0 aromatic carbocycles. The van der Waals surface area contributed by atoms with E-state index >= 15 is 0 Å². The van der Waals surface area contributed by atoms with E-state index in [0.717, 1.165) is 11.4 Å². The van der Waals surface area contributed by atoms with Crippen molar-refractivity contribution in [3.63, 3.8) is 0 Å². The molecule has 9 nitrogen and oxygen atoms in total.